The number of carbonyl (C=O) groups is 1. The standard InChI is InChI=1S/C15H22N4O/c20-14(12-18-8-1-2-9-18)19-10-4-13(5-11-19)15-16-6-3-7-17-15/h3,6-7,13H,1-2,4-5,8-12H2. The first-order chi connectivity index (χ1) is 9.83. The molecule has 20 heavy (non-hydrogen) atoms. The second-order valence-electron chi connectivity index (χ2n) is 5.75. The molecule has 1 aromatic heterocycles. The van der Waals surface area contributed by atoms with Crippen LogP contribution in [0.15, 0.2) is 18.5 Å². The van der Waals surface area contributed by atoms with E-state index in [4.69, 9.17) is 0 Å². The minimum Gasteiger partial charge on any atom is -0.342 e. The van der Waals surface area contributed by atoms with E-state index in [2.05, 4.69) is 14.9 Å². The first kappa shape index (κ1) is 13.5. The summed E-state index contributed by atoms with van der Waals surface area (Å²) in [6.07, 6.45) is 8.04. The van der Waals surface area contributed by atoms with E-state index >= 15 is 0 Å². The van der Waals surface area contributed by atoms with Gasteiger partial charge in [0.05, 0.1) is 6.54 Å². The summed E-state index contributed by atoms with van der Waals surface area (Å²) in [5.41, 5.74) is 0. The highest BCUT2D eigenvalue weighted by Crippen LogP contribution is 2.25. The van der Waals surface area contributed by atoms with Crippen molar-refractivity contribution in [1.82, 2.24) is 19.8 Å². The Morgan fingerprint density at radius 1 is 1.10 bits per heavy atom. The third-order valence-electron chi connectivity index (χ3n) is 4.36. The van der Waals surface area contributed by atoms with Gasteiger partial charge in [0.1, 0.15) is 5.82 Å². The summed E-state index contributed by atoms with van der Waals surface area (Å²) in [5.74, 6) is 1.63. The number of hydrogen-bond donors (Lipinski definition) is 0. The van der Waals surface area contributed by atoms with Crippen molar-refractivity contribution in [1.29, 1.82) is 0 Å². The highest BCUT2D eigenvalue weighted by molar-refractivity contribution is 5.78. The molecule has 2 aliphatic heterocycles. The first-order valence-corrected chi connectivity index (χ1v) is 7.60. The number of hydrogen-bond acceptors (Lipinski definition) is 4. The molecule has 0 radical (unpaired) electrons. The number of rotatable bonds is 3. The Morgan fingerprint density at radius 2 is 1.75 bits per heavy atom. The molecule has 5 heteroatoms. The van der Waals surface area contributed by atoms with Gasteiger partial charge < -0.3 is 4.90 Å². The van der Waals surface area contributed by atoms with Crippen LogP contribution in [-0.2, 0) is 4.79 Å². The summed E-state index contributed by atoms with van der Waals surface area (Å²) in [6.45, 7) is 4.46. The van der Waals surface area contributed by atoms with Crippen molar-refractivity contribution in [3.8, 4) is 0 Å². The Morgan fingerprint density at radius 3 is 2.40 bits per heavy atom. The predicted octanol–water partition coefficient (Wildman–Crippen LogP) is 1.28. The summed E-state index contributed by atoms with van der Waals surface area (Å²) >= 11 is 0. The fourth-order valence-electron chi connectivity index (χ4n) is 3.14. The number of amides is 1. The van der Waals surface area contributed by atoms with Crippen molar-refractivity contribution < 1.29 is 4.79 Å². The van der Waals surface area contributed by atoms with E-state index in [0.717, 1.165) is 44.8 Å². The molecule has 0 saturated carbocycles. The molecule has 108 valence electrons. The minimum atomic E-state index is 0.291. The molecule has 2 saturated heterocycles. The number of carbonyl (C=O) groups excluding carboxylic acids is 1. The van der Waals surface area contributed by atoms with Crippen molar-refractivity contribution in [3.63, 3.8) is 0 Å². The lowest BCUT2D eigenvalue weighted by Crippen LogP contribution is -2.43. The normalized spacial score (nSPS) is 21.3. The van der Waals surface area contributed by atoms with Gasteiger partial charge in [-0.2, -0.15) is 0 Å². The van der Waals surface area contributed by atoms with Gasteiger partial charge in [-0.05, 0) is 44.8 Å². The van der Waals surface area contributed by atoms with Gasteiger partial charge in [0.2, 0.25) is 5.91 Å². The van der Waals surface area contributed by atoms with E-state index in [1.165, 1.54) is 12.8 Å². The highest BCUT2D eigenvalue weighted by Gasteiger charge is 2.26. The molecule has 3 rings (SSSR count). The topological polar surface area (TPSA) is 49.3 Å². The molecule has 3 heterocycles. The summed E-state index contributed by atoms with van der Waals surface area (Å²) in [6, 6.07) is 1.85. The smallest absolute Gasteiger partial charge is 0.236 e. The molecular formula is C15H22N4O. The van der Waals surface area contributed by atoms with E-state index < -0.39 is 0 Å². The molecule has 0 aromatic carbocycles. The van der Waals surface area contributed by atoms with E-state index in [1.54, 1.807) is 12.4 Å². The number of piperidine rings is 1. The Labute approximate surface area is 120 Å². The van der Waals surface area contributed by atoms with Gasteiger partial charge >= 0.3 is 0 Å². The van der Waals surface area contributed by atoms with Crippen LogP contribution in [0.1, 0.15) is 37.4 Å². The number of aromatic nitrogens is 2. The maximum atomic E-state index is 12.3. The molecule has 0 unspecified atom stereocenters. The third kappa shape index (κ3) is 3.15. The third-order valence-corrected chi connectivity index (χ3v) is 4.36. The van der Waals surface area contributed by atoms with Crippen LogP contribution in [0, 0.1) is 0 Å². The minimum absolute atomic E-state index is 0.291. The lowest BCUT2D eigenvalue weighted by atomic mass is 9.96. The van der Waals surface area contributed by atoms with Gasteiger partial charge in [-0.15, -0.1) is 0 Å². The van der Waals surface area contributed by atoms with Crippen LogP contribution in [0.4, 0.5) is 0 Å². The number of nitrogens with zero attached hydrogens (tertiary/aromatic N) is 4. The molecule has 0 spiro atoms. The zero-order valence-electron chi connectivity index (χ0n) is 11.9. The monoisotopic (exact) mass is 274 g/mol. The number of likely N-dealkylation sites (tertiary alicyclic amines) is 2. The molecule has 1 aromatic rings. The lowest BCUT2D eigenvalue weighted by molar-refractivity contribution is -0.133. The first-order valence-electron chi connectivity index (χ1n) is 7.60. The van der Waals surface area contributed by atoms with E-state index in [9.17, 15) is 4.79 Å². The molecule has 2 fully saturated rings. The van der Waals surface area contributed by atoms with Crippen LogP contribution in [0.25, 0.3) is 0 Å². The quantitative estimate of drug-likeness (QED) is 0.833. The van der Waals surface area contributed by atoms with Crippen molar-refractivity contribution in [3.05, 3.63) is 24.3 Å². The van der Waals surface area contributed by atoms with Gasteiger partial charge in [-0.3, -0.25) is 9.69 Å². The Bertz CT molecular complexity index is 436. The van der Waals surface area contributed by atoms with Gasteiger partial charge in [0.15, 0.2) is 0 Å². The molecule has 0 aliphatic carbocycles. The maximum Gasteiger partial charge on any atom is 0.236 e. The predicted molar refractivity (Wildman–Crippen MR) is 76.3 cm³/mol. The average Bonchev–Trinajstić information content (AvgIpc) is 3.01. The van der Waals surface area contributed by atoms with Gasteiger partial charge in [-0.25, -0.2) is 9.97 Å². The summed E-state index contributed by atoms with van der Waals surface area (Å²) < 4.78 is 0. The largest absolute Gasteiger partial charge is 0.342 e. The maximum absolute atomic E-state index is 12.3. The van der Waals surface area contributed by atoms with Gasteiger partial charge in [0, 0.05) is 31.4 Å². The second-order valence-corrected chi connectivity index (χ2v) is 5.75. The molecule has 0 atom stereocenters. The van der Waals surface area contributed by atoms with Crippen LogP contribution < -0.4 is 0 Å². The SMILES string of the molecule is O=C(CN1CCCC1)N1CCC(c2ncccn2)CC1. The van der Waals surface area contributed by atoms with Crippen LogP contribution >= 0.6 is 0 Å². The zero-order valence-corrected chi connectivity index (χ0v) is 11.9. The Hall–Kier alpha value is -1.49. The van der Waals surface area contributed by atoms with Crippen molar-refractivity contribution in [2.45, 2.75) is 31.6 Å². The van der Waals surface area contributed by atoms with E-state index in [-0.39, 0.29) is 0 Å². The highest BCUT2D eigenvalue weighted by atomic mass is 16.2. The molecule has 0 bridgehead atoms. The van der Waals surface area contributed by atoms with Crippen LogP contribution in [-0.4, -0.2) is 58.4 Å². The summed E-state index contributed by atoms with van der Waals surface area (Å²) in [5, 5.41) is 0. The van der Waals surface area contributed by atoms with Gasteiger partial charge in [-0.1, -0.05) is 0 Å². The lowest BCUT2D eigenvalue weighted by Gasteiger charge is -2.32. The van der Waals surface area contributed by atoms with Crippen molar-refractivity contribution in [2.75, 3.05) is 32.7 Å². The van der Waals surface area contributed by atoms with Gasteiger partial charge in [0.25, 0.3) is 0 Å². The van der Waals surface area contributed by atoms with Crippen LogP contribution in [0.2, 0.25) is 0 Å². The summed E-state index contributed by atoms with van der Waals surface area (Å²) in [7, 11) is 0. The van der Waals surface area contributed by atoms with Crippen LogP contribution in [0.3, 0.4) is 0 Å². The molecular weight excluding hydrogens is 252 g/mol. The Kier molecular flexibility index (Phi) is 4.25. The second kappa shape index (κ2) is 6.31. The fourth-order valence-corrected chi connectivity index (χ4v) is 3.14. The molecule has 5 nitrogen and oxygen atoms in total. The van der Waals surface area contributed by atoms with Crippen molar-refractivity contribution in [2.24, 2.45) is 0 Å². The van der Waals surface area contributed by atoms with E-state index in [0.29, 0.717) is 18.4 Å². The van der Waals surface area contributed by atoms with Crippen molar-refractivity contribution >= 4 is 5.91 Å². The molecule has 1 amide bonds. The molecule has 0 N–H and O–H groups in total. The Balaban J connectivity index is 1.49. The zero-order chi connectivity index (χ0) is 13.8. The fraction of sp³-hybridized carbons (Fsp3) is 0.667. The van der Waals surface area contributed by atoms with Crippen LogP contribution in [0.5, 0.6) is 0 Å². The average molecular weight is 274 g/mol. The van der Waals surface area contributed by atoms with E-state index in [1.807, 2.05) is 11.0 Å². The summed E-state index contributed by atoms with van der Waals surface area (Å²) in [4.78, 5) is 25.2. The molecule has 2 aliphatic rings.